The summed E-state index contributed by atoms with van der Waals surface area (Å²) in [6, 6.07) is 12.2. The number of nitrogens with zero attached hydrogens (tertiary/aromatic N) is 3. The van der Waals surface area contributed by atoms with Crippen LogP contribution in [-0.2, 0) is 6.54 Å². The molecule has 4 rings (SSSR count). The first-order chi connectivity index (χ1) is 17.4. The maximum absolute atomic E-state index is 13.2. The Morgan fingerprint density at radius 2 is 1.81 bits per heavy atom. The van der Waals surface area contributed by atoms with E-state index in [1.807, 2.05) is 30.0 Å². The highest BCUT2D eigenvalue weighted by atomic mass is 16.5. The lowest BCUT2D eigenvalue weighted by atomic mass is 10.2. The smallest absolute Gasteiger partial charge is 0.321 e. The number of carbonyl (C=O) groups excluding carboxylic acids is 3. The van der Waals surface area contributed by atoms with E-state index in [-0.39, 0.29) is 18.4 Å². The first kappa shape index (κ1) is 25.1. The summed E-state index contributed by atoms with van der Waals surface area (Å²) < 4.78 is 12.6. The summed E-state index contributed by atoms with van der Waals surface area (Å²) >= 11 is 0. The standard InChI is InChI=1S/C26H31N5O5/c1-3-35-20-8-6-19(7-9-20)28-26(34)30-12-10-29(11-13-30)17-24(32)23-15-22(25(27)33)18(2)31(23)16-21-5-4-14-36-21/h4-9,14-15H,3,10-13,16-17H2,1-2H3,(H2,27,33)(H,28,34). The molecule has 3 amide bonds. The molecule has 10 heteroatoms. The number of anilines is 1. The minimum Gasteiger partial charge on any atom is -0.494 e. The van der Waals surface area contributed by atoms with Crippen LogP contribution in [-0.4, -0.2) is 71.4 Å². The number of furan rings is 1. The number of ether oxygens (including phenoxy) is 1. The Morgan fingerprint density at radius 1 is 1.08 bits per heavy atom. The number of aromatic nitrogens is 1. The number of hydrogen-bond acceptors (Lipinski definition) is 6. The number of rotatable bonds is 9. The highest BCUT2D eigenvalue weighted by molar-refractivity contribution is 6.01. The Labute approximate surface area is 209 Å². The van der Waals surface area contributed by atoms with Gasteiger partial charge >= 0.3 is 6.03 Å². The van der Waals surface area contributed by atoms with Gasteiger partial charge in [-0.05, 0) is 56.3 Å². The maximum atomic E-state index is 13.2. The number of urea groups is 1. The summed E-state index contributed by atoms with van der Waals surface area (Å²) in [6.07, 6.45) is 1.57. The summed E-state index contributed by atoms with van der Waals surface area (Å²) in [4.78, 5) is 41.5. The molecule has 1 aliphatic heterocycles. The maximum Gasteiger partial charge on any atom is 0.321 e. The summed E-state index contributed by atoms with van der Waals surface area (Å²) in [5.41, 5.74) is 7.57. The van der Waals surface area contributed by atoms with Crippen LogP contribution in [0.15, 0.2) is 53.1 Å². The third kappa shape index (κ3) is 5.77. The first-order valence-corrected chi connectivity index (χ1v) is 11.9. The number of nitrogens with one attached hydrogen (secondary N) is 1. The van der Waals surface area contributed by atoms with Crippen LogP contribution in [0.4, 0.5) is 10.5 Å². The number of carbonyl (C=O) groups is 3. The molecule has 1 aliphatic rings. The van der Waals surface area contributed by atoms with Crippen LogP contribution in [0.3, 0.4) is 0 Å². The topological polar surface area (TPSA) is 123 Å². The lowest BCUT2D eigenvalue weighted by Crippen LogP contribution is -2.51. The second-order valence-electron chi connectivity index (χ2n) is 8.63. The van der Waals surface area contributed by atoms with Gasteiger partial charge in [0, 0.05) is 37.6 Å². The number of piperazine rings is 1. The monoisotopic (exact) mass is 493 g/mol. The van der Waals surface area contributed by atoms with Gasteiger partial charge in [-0.1, -0.05) is 0 Å². The molecule has 3 heterocycles. The van der Waals surface area contributed by atoms with Gasteiger partial charge in [0.05, 0.1) is 37.2 Å². The van der Waals surface area contributed by atoms with Gasteiger partial charge in [-0.3, -0.25) is 14.5 Å². The van der Waals surface area contributed by atoms with E-state index in [4.69, 9.17) is 14.9 Å². The van der Waals surface area contributed by atoms with E-state index in [2.05, 4.69) is 5.32 Å². The SMILES string of the molecule is CCOc1ccc(NC(=O)N2CCN(CC(=O)c3cc(C(N)=O)c(C)n3Cc3ccco3)CC2)cc1. The van der Waals surface area contributed by atoms with Crippen molar-refractivity contribution in [1.29, 1.82) is 0 Å². The van der Waals surface area contributed by atoms with Crippen molar-refractivity contribution in [3.63, 3.8) is 0 Å². The van der Waals surface area contributed by atoms with Gasteiger partial charge in [0.15, 0.2) is 5.78 Å². The van der Waals surface area contributed by atoms with E-state index in [0.29, 0.717) is 67.7 Å². The predicted octanol–water partition coefficient (Wildman–Crippen LogP) is 2.97. The zero-order valence-electron chi connectivity index (χ0n) is 20.5. The number of nitrogens with two attached hydrogens (primary N) is 1. The zero-order chi connectivity index (χ0) is 25.7. The molecule has 10 nitrogen and oxygen atoms in total. The number of Topliss-reactive ketones (excluding diaryl/α,β-unsaturated/α-hetero) is 1. The van der Waals surface area contributed by atoms with Crippen molar-refractivity contribution in [2.75, 3.05) is 44.6 Å². The van der Waals surface area contributed by atoms with Crippen LogP contribution >= 0.6 is 0 Å². The van der Waals surface area contributed by atoms with E-state index in [1.165, 1.54) is 0 Å². The predicted molar refractivity (Wildman–Crippen MR) is 134 cm³/mol. The van der Waals surface area contributed by atoms with Crippen LogP contribution in [0, 0.1) is 6.92 Å². The first-order valence-electron chi connectivity index (χ1n) is 11.9. The minimum atomic E-state index is -0.577. The summed E-state index contributed by atoms with van der Waals surface area (Å²) in [5.74, 6) is 0.726. The average molecular weight is 494 g/mol. The average Bonchev–Trinajstić information content (AvgIpc) is 3.49. The van der Waals surface area contributed by atoms with Crippen molar-refractivity contribution >= 4 is 23.4 Å². The Balaban J connectivity index is 1.35. The second kappa shape index (κ2) is 11.1. The third-order valence-electron chi connectivity index (χ3n) is 6.26. The molecule has 1 aromatic carbocycles. The third-order valence-corrected chi connectivity index (χ3v) is 6.26. The number of amides is 3. The van der Waals surface area contributed by atoms with Gasteiger partial charge in [-0.25, -0.2) is 4.79 Å². The van der Waals surface area contributed by atoms with Gasteiger partial charge in [-0.2, -0.15) is 0 Å². The summed E-state index contributed by atoms with van der Waals surface area (Å²) in [5, 5.41) is 2.90. The molecule has 3 N–H and O–H groups in total. The molecule has 0 radical (unpaired) electrons. The number of primary amides is 1. The van der Waals surface area contributed by atoms with Crippen molar-refractivity contribution in [1.82, 2.24) is 14.4 Å². The van der Waals surface area contributed by atoms with Crippen LogP contribution in [0.1, 0.15) is 39.2 Å². The molecule has 0 unspecified atom stereocenters. The Bertz CT molecular complexity index is 1210. The van der Waals surface area contributed by atoms with Gasteiger partial charge in [0.2, 0.25) is 0 Å². The van der Waals surface area contributed by atoms with Crippen molar-refractivity contribution in [2.24, 2.45) is 5.73 Å². The highest BCUT2D eigenvalue weighted by Gasteiger charge is 2.26. The molecule has 0 spiro atoms. The fourth-order valence-corrected chi connectivity index (χ4v) is 4.28. The van der Waals surface area contributed by atoms with Crippen LogP contribution in [0.5, 0.6) is 5.75 Å². The molecular weight excluding hydrogens is 462 g/mol. The molecule has 3 aromatic rings. The highest BCUT2D eigenvalue weighted by Crippen LogP contribution is 2.20. The molecule has 1 saturated heterocycles. The van der Waals surface area contributed by atoms with E-state index < -0.39 is 5.91 Å². The Hall–Kier alpha value is -4.05. The van der Waals surface area contributed by atoms with Crippen molar-refractivity contribution in [2.45, 2.75) is 20.4 Å². The fraction of sp³-hybridized carbons (Fsp3) is 0.346. The lowest BCUT2D eigenvalue weighted by Gasteiger charge is -2.34. The van der Waals surface area contributed by atoms with Crippen molar-refractivity contribution in [3.05, 3.63) is 71.4 Å². The summed E-state index contributed by atoms with van der Waals surface area (Å²) in [7, 11) is 0. The molecule has 36 heavy (non-hydrogen) atoms. The van der Waals surface area contributed by atoms with E-state index in [9.17, 15) is 14.4 Å². The Morgan fingerprint density at radius 3 is 2.42 bits per heavy atom. The lowest BCUT2D eigenvalue weighted by molar-refractivity contribution is 0.0874. The van der Waals surface area contributed by atoms with Crippen LogP contribution in [0.2, 0.25) is 0 Å². The second-order valence-corrected chi connectivity index (χ2v) is 8.63. The number of benzene rings is 1. The fourth-order valence-electron chi connectivity index (χ4n) is 4.28. The van der Waals surface area contributed by atoms with Crippen LogP contribution < -0.4 is 15.8 Å². The quantitative estimate of drug-likeness (QED) is 0.442. The largest absolute Gasteiger partial charge is 0.494 e. The molecule has 190 valence electrons. The molecule has 2 aromatic heterocycles. The van der Waals surface area contributed by atoms with E-state index >= 15 is 0 Å². The van der Waals surface area contributed by atoms with Gasteiger partial charge in [0.25, 0.3) is 5.91 Å². The minimum absolute atomic E-state index is 0.121. The summed E-state index contributed by atoms with van der Waals surface area (Å²) in [6.45, 7) is 6.87. The van der Waals surface area contributed by atoms with Gasteiger partial charge in [-0.15, -0.1) is 0 Å². The van der Waals surface area contributed by atoms with Gasteiger partial charge < -0.3 is 29.7 Å². The number of ketones is 1. The Kier molecular flexibility index (Phi) is 7.74. The molecule has 1 fully saturated rings. The van der Waals surface area contributed by atoms with Crippen LogP contribution in [0.25, 0.3) is 0 Å². The molecular formula is C26H31N5O5. The van der Waals surface area contributed by atoms with Crippen molar-refractivity contribution in [3.8, 4) is 5.75 Å². The molecule has 0 aliphatic carbocycles. The number of hydrogen-bond donors (Lipinski definition) is 2. The normalized spacial score (nSPS) is 14.0. The van der Waals surface area contributed by atoms with Crippen molar-refractivity contribution < 1.29 is 23.5 Å². The van der Waals surface area contributed by atoms with E-state index in [0.717, 1.165) is 5.75 Å². The van der Waals surface area contributed by atoms with E-state index in [1.54, 1.807) is 46.9 Å². The molecule has 0 bridgehead atoms. The molecule has 0 atom stereocenters. The van der Waals surface area contributed by atoms with Gasteiger partial charge in [0.1, 0.15) is 11.5 Å². The zero-order valence-corrected chi connectivity index (χ0v) is 20.5. The molecule has 0 saturated carbocycles.